The zero-order valence-electron chi connectivity index (χ0n) is 17.0. The predicted octanol–water partition coefficient (Wildman–Crippen LogP) is 2.82. The molecule has 2 amide bonds. The second-order valence-corrected chi connectivity index (χ2v) is 8.00. The van der Waals surface area contributed by atoms with Crippen LogP contribution in [0.4, 0.5) is 5.69 Å². The van der Waals surface area contributed by atoms with E-state index in [9.17, 15) is 19.2 Å². The molecule has 4 rings (SSSR count). The van der Waals surface area contributed by atoms with Gasteiger partial charge in [0.1, 0.15) is 0 Å². The smallest absolute Gasteiger partial charge is 0.328 e. The zero-order valence-corrected chi connectivity index (χ0v) is 17.8. The normalized spacial score (nSPS) is 10.8. The van der Waals surface area contributed by atoms with Crippen molar-refractivity contribution in [1.82, 2.24) is 14.9 Å². The molecule has 0 saturated carbocycles. The molecule has 2 heterocycles. The maximum absolute atomic E-state index is 12.5. The monoisotopic (exact) mass is 448 g/mol. The summed E-state index contributed by atoms with van der Waals surface area (Å²) < 4.78 is 1.14. The Kier molecular flexibility index (Phi) is 6.27. The quantitative estimate of drug-likeness (QED) is 0.377. The second-order valence-electron chi connectivity index (χ2n) is 7.05. The van der Waals surface area contributed by atoms with Crippen molar-refractivity contribution in [3.8, 4) is 0 Å². The number of para-hydroxylation sites is 1. The van der Waals surface area contributed by atoms with Gasteiger partial charge in [0.15, 0.2) is 0 Å². The van der Waals surface area contributed by atoms with E-state index < -0.39 is 5.69 Å². The highest BCUT2D eigenvalue weighted by molar-refractivity contribution is 7.12. The van der Waals surface area contributed by atoms with Gasteiger partial charge in [-0.15, -0.1) is 11.3 Å². The van der Waals surface area contributed by atoms with Gasteiger partial charge in [0.2, 0.25) is 0 Å². The van der Waals surface area contributed by atoms with Gasteiger partial charge in [0.25, 0.3) is 17.4 Å². The Morgan fingerprint density at radius 1 is 0.938 bits per heavy atom. The molecular weight excluding hydrogens is 428 g/mol. The number of carbonyl (C=O) groups is 2. The highest BCUT2D eigenvalue weighted by Gasteiger charge is 2.10. The Hall–Kier alpha value is -3.98. The van der Waals surface area contributed by atoms with Crippen LogP contribution in [0.3, 0.4) is 0 Å². The number of aromatic amines is 1. The first kappa shape index (κ1) is 21.3. The molecule has 0 aliphatic rings. The molecule has 4 aromatic rings. The summed E-state index contributed by atoms with van der Waals surface area (Å²) >= 11 is 1.35. The Bertz CT molecular complexity index is 1370. The summed E-state index contributed by atoms with van der Waals surface area (Å²) in [6.07, 6.45) is 0.419. The molecule has 0 spiro atoms. The van der Waals surface area contributed by atoms with E-state index in [1.54, 1.807) is 60.7 Å². The number of fused-ring (bicyclic) bond motifs is 1. The van der Waals surface area contributed by atoms with Crippen molar-refractivity contribution in [2.75, 3.05) is 11.9 Å². The van der Waals surface area contributed by atoms with Gasteiger partial charge in [0.05, 0.1) is 15.8 Å². The summed E-state index contributed by atoms with van der Waals surface area (Å²) in [4.78, 5) is 52.4. The van der Waals surface area contributed by atoms with Crippen molar-refractivity contribution in [3.05, 3.63) is 97.3 Å². The van der Waals surface area contributed by atoms with Crippen molar-refractivity contribution < 1.29 is 9.59 Å². The minimum Gasteiger partial charge on any atom is -0.352 e. The van der Waals surface area contributed by atoms with Crippen LogP contribution in [0.5, 0.6) is 0 Å². The summed E-state index contributed by atoms with van der Waals surface area (Å²) in [7, 11) is 0. The molecule has 8 nitrogen and oxygen atoms in total. The Morgan fingerprint density at radius 3 is 2.47 bits per heavy atom. The SMILES string of the molecule is O=C(NCCCn1c(=O)[nH]c2ccccc2c1=O)c1ccc(NC(=O)c2cccs2)cc1. The van der Waals surface area contributed by atoms with Crippen LogP contribution in [0.1, 0.15) is 26.5 Å². The molecule has 2 aromatic heterocycles. The number of amides is 2. The van der Waals surface area contributed by atoms with E-state index in [0.29, 0.717) is 40.0 Å². The highest BCUT2D eigenvalue weighted by atomic mass is 32.1. The minimum atomic E-state index is -0.472. The van der Waals surface area contributed by atoms with E-state index in [-0.39, 0.29) is 23.9 Å². The van der Waals surface area contributed by atoms with Crippen LogP contribution in [0, 0.1) is 0 Å². The van der Waals surface area contributed by atoms with Crippen LogP contribution in [-0.2, 0) is 6.54 Å². The predicted molar refractivity (Wildman–Crippen MR) is 124 cm³/mol. The molecule has 0 atom stereocenters. The fourth-order valence-corrected chi connectivity index (χ4v) is 3.87. The van der Waals surface area contributed by atoms with Crippen LogP contribution in [0.2, 0.25) is 0 Å². The van der Waals surface area contributed by atoms with E-state index >= 15 is 0 Å². The van der Waals surface area contributed by atoms with E-state index in [2.05, 4.69) is 15.6 Å². The van der Waals surface area contributed by atoms with Crippen molar-refractivity contribution >= 4 is 39.7 Å². The number of benzene rings is 2. The standard InChI is InChI=1S/C23H20N4O4S/c28-20(15-8-10-16(11-9-15)25-21(29)19-7-3-14-32-19)24-12-4-13-27-22(30)17-5-1-2-6-18(17)26-23(27)31/h1-3,5-11,14H,4,12-13H2,(H,24,28)(H,25,29)(H,26,31). The average molecular weight is 449 g/mol. The zero-order chi connectivity index (χ0) is 22.5. The van der Waals surface area contributed by atoms with Gasteiger partial charge in [-0.25, -0.2) is 4.79 Å². The first-order valence-electron chi connectivity index (χ1n) is 9.98. The van der Waals surface area contributed by atoms with Gasteiger partial charge in [-0.3, -0.25) is 19.0 Å². The van der Waals surface area contributed by atoms with Crippen LogP contribution in [-0.4, -0.2) is 27.9 Å². The summed E-state index contributed by atoms with van der Waals surface area (Å²) in [5, 5.41) is 7.83. The molecule has 0 aliphatic carbocycles. The summed E-state index contributed by atoms with van der Waals surface area (Å²) in [6.45, 7) is 0.487. The molecule has 9 heteroatoms. The van der Waals surface area contributed by atoms with Crippen molar-refractivity contribution in [3.63, 3.8) is 0 Å². The fourth-order valence-electron chi connectivity index (χ4n) is 3.25. The van der Waals surface area contributed by atoms with Gasteiger partial charge in [0, 0.05) is 24.3 Å². The maximum atomic E-state index is 12.5. The Balaban J connectivity index is 1.31. The van der Waals surface area contributed by atoms with Gasteiger partial charge >= 0.3 is 5.69 Å². The lowest BCUT2D eigenvalue weighted by Crippen LogP contribution is -2.36. The number of rotatable bonds is 7. The van der Waals surface area contributed by atoms with Gasteiger partial charge < -0.3 is 15.6 Å². The molecule has 0 radical (unpaired) electrons. The van der Waals surface area contributed by atoms with Crippen molar-refractivity contribution in [2.24, 2.45) is 0 Å². The number of hydrogen-bond acceptors (Lipinski definition) is 5. The molecule has 0 bridgehead atoms. The lowest BCUT2D eigenvalue weighted by Gasteiger charge is -2.08. The molecule has 0 saturated heterocycles. The van der Waals surface area contributed by atoms with Crippen LogP contribution < -0.4 is 21.9 Å². The summed E-state index contributed by atoms with van der Waals surface area (Å²) in [5.74, 6) is -0.475. The van der Waals surface area contributed by atoms with Crippen molar-refractivity contribution in [1.29, 1.82) is 0 Å². The van der Waals surface area contributed by atoms with E-state index in [1.165, 1.54) is 11.3 Å². The van der Waals surface area contributed by atoms with Gasteiger partial charge in [-0.1, -0.05) is 18.2 Å². The van der Waals surface area contributed by atoms with Crippen LogP contribution >= 0.6 is 11.3 Å². The number of hydrogen-bond donors (Lipinski definition) is 3. The average Bonchev–Trinajstić information content (AvgIpc) is 3.34. The molecule has 32 heavy (non-hydrogen) atoms. The first-order valence-corrected chi connectivity index (χ1v) is 10.9. The third kappa shape index (κ3) is 4.68. The molecular formula is C23H20N4O4S. The molecule has 0 fully saturated rings. The summed E-state index contributed by atoms with van der Waals surface area (Å²) in [6, 6.07) is 17.0. The van der Waals surface area contributed by atoms with Gasteiger partial charge in [-0.2, -0.15) is 0 Å². The number of nitrogens with zero attached hydrogens (tertiary/aromatic N) is 1. The third-order valence-corrected chi connectivity index (χ3v) is 5.75. The topological polar surface area (TPSA) is 113 Å². The number of anilines is 1. The maximum Gasteiger partial charge on any atom is 0.328 e. The highest BCUT2D eigenvalue weighted by Crippen LogP contribution is 2.14. The van der Waals surface area contributed by atoms with Gasteiger partial charge in [-0.05, 0) is 54.3 Å². The Morgan fingerprint density at radius 2 is 1.72 bits per heavy atom. The number of thiophene rings is 1. The van der Waals surface area contributed by atoms with Crippen molar-refractivity contribution in [2.45, 2.75) is 13.0 Å². The van der Waals surface area contributed by atoms with E-state index in [1.807, 2.05) is 5.38 Å². The fraction of sp³-hybridized carbons (Fsp3) is 0.130. The van der Waals surface area contributed by atoms with E-state index in [0.717, 1.165) is 4.57 Å². The molecule has 2 aromatic carbocycles. The van der Waals surface area contributed by atoms with Crippen LogP contribution in [0.25, 0.3) is 10.9 Å². The molecule has 162 valence electrons. The minimum absolute atomic E-state index is 0.187. The van der Waals surface area contributed by atoms with E-state index in [4.69, 9.17) is 0 Å². The third-order valence-electron chi connectivity index (χ3n) is 4.88. The largest absolute Gasteiger partial charge is 0.352 e. The lowest BCUT2D eigenvalue weighted by atomic mass is 10.2. The number of nitrogens with one attached hydrogen (secondary N) is 3. The summed E-state index contributed by atoms with van der Waals surface area (Å²) in [5.41, 5.74) is 0.716. The first-order chi connectivity index (χ1) is 15.5. The lowest BCUT2D eigenvalue weighted by molar-refractivity contribution is 0.0952. The number of carbonyl (C=O) groups excluding carboxylic acids is 2. The molecule has 3 N–H and O–H groups in total. The number of H-pyrrole nitrogens is 1. The molecule has 0 unspecified atom stereocenters. The number of aromatic nitrogens is 2. The van der Waals surface area contributed by atoms with Crippen LogP contribution in [0.15, 0.2) is 75.6 Å². The molecule has 0 aliphatic heterocycles. The second kappa shape index (κ2) is 9.44. The Labute approximate surface area is 186 Å².